The minimum atomic E-state index is -4.78. The maximum atomic E-state index is 12.4. The van der Waals surface area contributed by atoms with E-state index in [9.17, 15) is 51.2 Å². The Balaban J connectivity index is 1.66. The lowest BCUT2D eigenvalue weighted by atomic mass is 9.89. The first kappa shape index (κ1) is 35.4. The van der Waals surface area contributed by atoms with Crippen LogP contribution in [0.5, 0.6) is 23.0 Å². The zero-order chi connectivity index (χ0) is 37.0. The second kappa shape index (κ2) is 13.0. The van der Waals surface area contributed by atoms with Gasteiger partial charge >= 0.3 is 0 Å². The minimum Gasteiger partial charge on any atom is -0.507 e. The number of phenols is 4. The van der Waals surface area contributed by atoms with Crippen molar-refractivity contribution in [3.05, 3.63) is 128 Å². The van der Waals surface area contributed by atoms with Gasteiger partial charge in [0.2, 0.25) is 0 Å². The summed E-state index contributed by atoms with van der Waals surface area (Å²) in [6.07, 6.45) is -0.947. The van der Waals surface area contributed by atoms with E-state index < -0.39 is 30.0 Å². The van der Waals surface area contributed by atoms with Crippen molar-refractivity contribution in [2.45, 2.75) is 42.4 Å². The van der Waals surface area contributed by atoms with E-state index in [1.165, 1.54) is 7.05 Å². The number of carbonyl (C=O) groups excluding carboxylic acids is 1. The van der Waals surface area contributed by atoms with Crippen LogP contribution < -0.4 is 5.32 Å². The molecule has 51 heavy (non-hydrogen) atoms. The first-order valence-corrected chi connectivity index (χ1v) is 18.4. The van der Waals surface area contributed by atoms with Crippen molar-refractivity contribution in [2.24, 2.45) is 0 Å². The number of aromatic hydroxyl groups is 4. The van der Waals surface area contributed by atoms with Gasteiger partial charge in [0.25, 0.3) is 26.1 Å². The maximum Gasteiger partial charge on any atom is 0.294 e. The molecule has 6 rings (SSSR count). The Morgan fingerprint density at radius 1 is 0.529 bits per heavy atom. The highest BCUT2D eigenvalue weighted by Crippen LogP contribution is 2.41. The number of nitrogens with one attached hydrogen (secondary N) is 1. The largest absolute Gasteiger partial charge is 0.507 e. The molecule has 264 valence electrons. The van der Waals surface area contributed by atoms with Gasteiger partial charge in [-0.2, -0.15) is 16.8 Å². The highest BCUT2D eigenvalue weighted by atomic mass is 32.2. The summed E-state index contributed by atoms with van der Waals surface area (Å²) in [6, 6.07) is 17.2. The van der Waals surface area contributed by atoms with E-state index in [-0.39, 0.29) is 99.1 Å². The smallest absolute Gasteiger partial charge is 0.294 e. The van der Waals surface area contributed by atoms with Gasteiger partial charge in [0, 0.05) is 60.5 Å². The van der Waals surface area contributed by atoms with Crippen molar-refractivity contribution in [1.82, 2.24) is 5.32 Å². The lowest BCUT2D eigenvalue weighted by Gasteiger charge is -2.19. The summed E-state index contributed by atoms with van der Waals surface area (Å²) in [4.78, 5) is 11.1. The molecule has 8 bridgehead atoms. The summed E-state index contributed by atoms with van der Waals surface area (Å²) in [7, 11) is -8.07. The van der Waals surface area contributed by atoms with E-state index in [1.54, 1.807) is 55.5 Å². The van der Waals surface area contributed by atoms with Gasteiger partial charge in [0.05, 0.1) is 9.79 Å². The quantitative estimate of drug-likeness (QED) is 0.120. The van der Waals surface area contributed by atoms with Gasteiger partial charge in [-0.25, -0.2) is 0 Å². The summed E-state index contributed by atoms with van der Waals surface area (Å²) < 4.78 is 69.7. The van der Waals surface area contributed by atoms with Crippen LogP contribution in [0.4, 0.5) is 0 Å². The molecular formula is C37H33NO11S2. The second-order valence-electron chi connectivity index (χ2n) is 12.6. The number of phenolic OH excluding ortho intramolecular Hbond substituents is 4. The van der Waals surface area contributed by atoms with E-state index in [0.717, 1.165) is 24.3 Å². The van der Waals surface area contributed by atoms with Crippen molar-refractivity contribution in [1.29, 1.82) is 0 Å². The lowest BCUT2D eigenvalue weighted by molar-refractivity contribution is 0.0963. The molecule has 0 radical (unpaired) electrons. The van der Waals surface area contributed by atoms with Crippen LogP contribution >= 0.6 is 0 Å². The topological polar surface area (TPSA) is 219 Å². The number of hydrogen-bond donors (Lipinski definition) is 7. The fourth-order valence-corrected chi connectivity index (χ4v) is 7.64. The molecule has 14 heteroatoms. The van der Waals surface area contributed by atoms with Crippen molar-refractivity contribution in [3.8, 4) is 34.1 Å². The van der Waals surface area contributed by atoms with Crippen LogP contribution in [-0.2, 0) is 45.9 Å². The number of hydrogen-bond acceptors (Lipinski definition) is 9. The molecule has 0 saturated carbocycles. The van der Waals surface area contributed by atoms with Gasteiger partial charge in [-0.05, 0) is 88.8 Å². The van der Waals surface area contributed by atoms with E-state index in [4.69, 9.17) is 0 Å². The van der Waals surface area contributed by atoms with Crippen LogP contribution in [0.2, 0.25) is 0 Å². The van der Waals surface area contributed by atoms with E-state index >= 15 is 0 Å². The van der Waals surface area contributed by atoms with Gasteiger partial charge in [-0.15, -0.1) is 0 Å². The van der Waals surface area contributed by atoms with Crippen LogP contribution in [0.1, 0.15) is 60.4 Å². The number of benzene rings is 5. The Morgan fingerprint density at radius 3 is 1.16 bits per heavy atom. The summed E-state index contributed by atoms with van der Waals surface area (Å²) in [5, 5.41) is 48.6. The molecular weight excluding hydrogens is 699 g/mol. The first-order chi connectivity index (χ1) is 23.9. The summed E-state index contributed by atoms with van der Waals surface area (Å²) in [5.41, 5.74) is 3.13. The third-order valence-corrected chi connectivity index (χ3v) is 10.7. The zero-order valence-electron chi connectivity index (χ0n) is 27.3. The fourth-order valence-electron chi connectivity index (χ4n) is 6.47. The molecule has 12 nitrogen and oxygen atoms in total. The molecule has 0 saturated heterocycles. The van der Waals surface area contributed by atoms with Crippen LogP contribution in [0, 0.1) is 6.92 Å². The summed E-state index contributed by atoms with van der Waals surface area (Å²) in [5.74, 6) is -1.56. The van der Waals surface area contributed by atoms with Crippen LogP contribution in [-0.4, -0.2) is 59.3 Å². The molecule has 0 atom stereocenters. The number of aryl methyl sites for hydroxylation is 1. The number of rotatable bonds is 4. The lowest BCUT2D eigenvalue weighted by Crippen LogP contribution is -2.17. The van der Waals surface area contributed by atoms with Crippen LogP contribution in [0.15, 0.2) is 82.6 Å². The molecule has 0 fully saturated rings. The zero-order valence-corrected chi connectivity index (χ0v) is 28.9. The molecule has 5 aromatic rings. The van der Waals surface area contributed by atoms with Crippen LogP contribution in [0.3, 0.4) is 0 Å². The minimum absolute atomic E-state index is 0.0199. The van der Waals surface area contributed by atoms with E-state index in [2.05, 4.69) is 5.32 Å². The van der Waals surface area contributed by atoms with Gasteiger partial charge < -0.3 is 25.7 Å². The monoisotopic (exact) mass is 731 g/mol. The Labute approximate surface area is 293 Å². The van der Waals surface area contributed by atoms with Crippen molar-refractivity contribution < 1.29 is 51.2 Å². The van der Waals surface area contributed by atoms with E-state index in [0.29, 0.717) is 22.3 Å². The van der Waals surface area contributed by atoms with Gasteiger partial charge in [-0.3, -0.25) is 13.9 Å². The molecule has 0 aromatic heterocycles. The third kappa shape index (κ3) is 7.12. The van der Waals surface area contributed by atoms with Gasteiger partial charge in [-0.1, -0.05) is 29.8 Å². The van der Waals surface area contributed by atoms with E-state index in [1.807, 2.05) is 0 Å². The summed E-state index contributed by atoms with van der Waals surface area (Å²) >= 11 is 0. The molecule has 1 aliphatic carbocycles. The molecule has 1 aliphatic rings. The average Bonchev–Trinajstić information content (AvgIpc) is 3.06. The van der Waals surface area contributed by atoms with Crippen molar-refractivity contribution in [2.75, 3.05) is 7.05 Å². The summed E-state index contributed by atoms with van der Waals surface area (Å²) in [6.45, 7) is 1.73. The molecule has 0 unspecified atom stereocenters. The van der Waals surface area contributed by atoms with Crippen molar-refractivity contribution in [3.63, 3.8) is 0 Å². The predicted octanol–water partition coefficient (Wildman–Crippen LogP) is 5.01. The first-order valence-electron chi connectivity index (χ1n) is 15.6. The Hall–Kier alpha value is -5.41. The third-order valence-electron chi connectivity index (χ3n) is 8.99. The standard InChI is InChI=1S/C37H33NO11S2/c1-19-7-23-11-27-15-31(50(44,45)46)17-29(35(27)41)13-25-9-22(20-3-5-21(6-4-20)37(43)38-2)10-26(34(25)40)14-30-18-32(51(47,48)49)16-28(36(30)42)12-24(8-19)33(23)39/h3-10,15-18,39-42H,11-14H2,1-2H3,(H,38,43)(H,44,45,46)(H,47,48,49). The van der Waals surface area contributed by atoms with Crippen molar-refractivity contribution >= 4 is 26.1 Å². The number of amides is 1. The maximum absolute atomic E-state index is 12.4. The Morgan fingerprint density at radius 2 is 0.843 bits per heavy atom. The van der Waals surface area contributed by atoms with Gasteiger partial charge in [0.1, 0.15) is 23.0 Å². The molecule has 1 amide bonds. The SMILES string of the molecule is CNC(=O)c1ccc(-c2cc3c(O)c(c2)Cc2cc(S(=O)(=O)O)cc(c2O)Cc2cc(C)cc(c2O)Cc2cc(S(=O)(=O)O)cc(c2O)C3)cc1. The normalized spacial score (nSPS) is 13.1. The van der Waals surface area contributed by atoms with Gasteiger partial charge in [0.15, 0.2) is 0 Å². The molecule has 0 aliphatic heterocycles. The Kier molecular flexibility index (Phi) is 9.06. The highest BCUT2D eigenvalue weighted by molar-refractivity contribution is 7.86. The highest BCUT2D eigenvalue weighted by Gasteiger charge is 2.25. The molecule has 7 N–H and O–H groups in total. The Bertz CT molecular complexity index is 2340. The molecule has 0 spiro atoms. The fraction of sp³-hybridized carbons (Fsp3) is 0.162. The second-order valence-corrected chi connectivity index (χ2v) is 15.4. The van der Waals surface area contributed by atoms with Crippen LogP contribution in [0.25, 0.3) is 11.1 Å². The molecule has 5 aromatic carbocycles. The molecule has 0 heterocycles. The number of fused-ring (bicyclic) bond motifs is 8. The predicted molar refractivity (Wildman–Crippen MR) is 187 cm³/mol. The number of carbonyl (C=O) groups is 1. The average molecular weight is 732 g/mol.